The van der Waals surface area contributed by atoms with Crippen molar-refractivity contribution in [1.29, 1.82) is 0 Å². The van der Waals surface area contributed by atoms with Crippen LogP contribution < -0.4 is 14.4 Å². The third kappa shape index (κ3) is 3.05. The SMILES string of the molecule is Cc1cc2c(cc1S(=O)(=O)Nc1ccc(O)cc1)OCCN2C. The molecule has 3 rings (SSSR count). The molecule has 0 unspecified atom stereocenters. The van der Waals surface area contributed by atoms with Crippen LogP contribution in [0.3, 0.4) is 0 Å². The van der Waals surface area contributed by atoms with Crippen molar-refractivity contribution in [2.45, 2.75) is 11.8 Å². The Morgan fingerprint density at radius 3 is 2.61 bits per heavy atom. The summed E-state index contributed by atoms with van der Waals surface area (Å²) in [6.45, 7) is 3.05. The lowest BCUT2D eigenvalue weighted by atomic mass is 10.2. The first-order chi connectivity index (χ1) is 10.9. The molecule has 0 saturated heterocycles. The van der Waals surface area contributed by atoms with Crippen LogP contribution in [-0.4, -0.2) is 33.7 Å². The number of hydrogen-bond donors (Lipinski definition) is 2. The first-order valence-electron chi connectivity index (χ1n) is 7.17. The Labute approximate surface area is 135 Å². The van der Waals surface area contributed by atoms with E-state index in [4.69, 9.17) is 4.74 Å². The van der Waals surface area contributed by atoms with Gasteiger partial charge in [-0.1, -0.05) is 0 Å². The molecule has 1 heterocycles. The number of phenolic OH excluding ortho intramolecular Hbond substituents is 1. The molecular formula is C16H18N2O4S. The highest BCUT2D eigenvalue weighted by atomic mass is 32.2. The standard InChI is InChI=1S/C16H18N2O4S/c1-11-9-14-15(22-8-7-18(14)2)10-16(11)23(20,21)17-12-3-5-13(19)6-4-12/h3-6,9-10,17,19H,7-8H2,1-2H3. The number of sulfonamides is 1. The monoisotopic (exact) mass is 334 g/mol. The van der Waals surface area contributed by atoms with E-state index in [0.29, 0.717) is 23.6 Å². The summed E-state index contributed by atoms with van der Waals surface area (Å²) < 4.78 is 33.4. The summed E-state index contributed by atoms with van der Waals surface area (Å²) in [6, 6.07) is 9.24. The topological polar surface area (TPSA) is 78.9 Å². The van der Waals surface area contributed by atoms with Gasteiger partial charge in [0.15, 0.2) is 0 Å². The Balaban J connectivity index is 1.98. The molecule has 0 saturated carbocycles. The van der Waals surface area contributed by atoms with E-state index in [-0.39, 0.29) is 10.6 Å². The molecule has 0 aromatic heterocycles. The fourth-order valence-corrected chi connectivity index (χ4v) is 3.81. The Morgan fingerprint density at radius 1 is 1.22 bits per heavy atom. The molecule has 2 aromatic carbocycles. The second kappa shape index (κ2) is 5.66. The molecule has 0 fully saturated rings. The maximum atomic E-state index is 12.6. The van der Waals surface area contributed by atoms with Crippen molar-refractivity contribution >= 4 is 21.4 Å². The zero-order chi connectivity index (χ0) is 16.6. The summed E-state index contributed by atoms with van der Waals surface area (Å²) in [5.41, 5.74) is 1.92. The van der Waals surface area contributed by atoms with Gasteiger partial charge < -0.3 is 14.7 Å². The van der Waals surface area contributed by atoms with Gasteiger partial charge in [-0.25, -0.2) is 8.42 Å². The van der Waals surface area contributed by atoms with E-state index >= 15 is 0 Å². The molecule has 122 valence electrons. The van der Waals surface area contributed by atoms with Crippen LogP contribution in [-0.2, 0) is 10.0 Å². The maximum absolute atomic E-state index is 12.6. The van der Waals surface area contributed by atoms with Crippen molar-refractivity contribution in [1.82, 2.24) is 0 Å². The van der Waals surface area contributed by atoms with Crippen LogP contribution in [0.4, 0.5) is 11.4 Å². The van der Waals surface area contributed by atoms with Crippen molar-refractivity contribution in [3.05, 3.63) is 42.0 Å². The number of aryl methyl sites for hydroxylation is 1. The zero-order valence-electron chi connectivity index (χ0n) is 12.9. The number of aromatic hydroxyl groups is 1. The lowest BCUT2D eigenvalue weighted by Gasteiger charge is -2.28. The van der Waals surface area contributed by atoms with Crippen molar-refractivity contribution < 1.29 is 18.3 Å². The van der Waals surface area contributed by atoms with Crippen molar-refractivity contribution in [2.75, 3.05) is 29.8 Å². The number of hydrogen-bond acceptors (Lipinski definition) is 5. The highest BCUT2D eigenvalue weighted by molar-refractivity contribution is 7.92. The second-order valence-corrected chi connectivity index (χ2v) is 7.16. The van der Waals surface area contributed by atoms with Crippen molar-refractivity contribution in [3.63, 3.8) is 0 Å². The molecule has 23 heavy (non-hydrogen) atoms. The molecule has 0 amide bonds. The number of nitrogens with zero attached hydrogens (tertiary/aromatic N) is 1. The molecule has 2 N–H and O–H groups in total. The van der Waals surface area contributed by atoms with E-state index in [1.807, 2.05) is 18.0 Å². The number of ether oxygens (including phenoxy) is 1. The van der Waals surface area contributed by atoms with E-state index in [2.05, 4.69) is 4.72 Å². The average Bonchev–Trinajstić information content (AvgIpc) is 2.50. The predicted molar refractivity (Wildman–Crippen MR) is 88.9 cm³/mol. The van der Waals surface area contributed by atoms with Crippen LogP contribution in [0.15, 0.2) is 41.3 Å². The smallest absolute Gasteiger partial charge is 0.262 e. The minimum atomic E-state index is -3.74. The molecule has 0 radical (unpaired) electrons. The zero-order valence-corrected chi connectivity index (χ0v) is 13.7. The third-order valence-electron chi connectivity index (χ3n) is 3.76. The number of benzene rings is 2. The van der Waals surface area contributed by atoms with Crippen LogP contribution >= 0.6 is 0 Å². The summed E-state index contributed by atoms with van der Waals surface area (Å²) in [5.74, 6) is 0.643. The van der Waals surface area contributed by atoms with Gasteiger partial charge >= 0.3 is 0 Å². The molecule has 1 aliphatic rings. The van der Waals surface area contributed by atoms with Gasteiger partial charge in [-0.3, -0.25) is 4.72 Å². The van der Waals surface area contributed by atoms with Crippen LogP contribution in [0.5, 0.6) is 11.5 Å². The minimum Gasteiger partial charge on any atom is -0.508 e. The molecular weight excluding hydrogens is 316 g/mol. The number of anilines is 2. The lowest BCUT2D eigenvalue weighted by Crippen LogP contribution is -2.29. The number of likely N-dealkylation sites (N-methyl/N-ethyl adjacent to an activating group) is 1. The van der Waals surface area contributed by atoms with Crippen LogP contribution in [0.25, 0.3) is 0 Å². The first kappa shape index (κ1) is 15.5. The van der Waals surface area contributed by atoms with Gasteiger partial charge in [0.1, 0.15) is 18.1 Å². The molecule has 0 atom stereocenters. The third-order valence-corrected chi connectivity index (χ3v) is 5.28. The fraction of sp³-hybridized carbons (Fsp3) is 0.250. The van der Waals surface area contributed by atoms with E-state index in [1.165, 1.54) is 24.3 Å². The highest BCUT2D eigenvalue weighted by Gasteiger charge is 2.23. The van der Waals surface area contributed by atoms with E-state index < -0.39 is 10.0 Å². The molecule has 0 aliphatic carbocycles. The van der Waals surface area contributed by atoms with E-state index in [1.54, 1.807) is 13.0 Å². The second-order valence-electron chi connectivity index (χ2n) is 5.51. The summed E-state index contributed by atoms with van der Waals surface area (Å²) in [5, 5.41) is 9.27. The summed E-state index contributed by atoms with van der Waals surface area (Å²) in [6.07, 6.45) is 0. The maximum Gasteiger partial charge on any atom is 0.262 e. The molecule has 0 spiro atoms. The highest BCUT2D eigenvalue weighted by Crippen LogP contribution is 2.35. The van der Waals surface area contributed by atoms with Gasteiger partial charge in [0.2, 0.25) is 0 Å². The van der Waals surface area contributed by atoms with E-state index in [0.717, 1.165) is 12.2 Å². The average molecular weight is 334 g/mol. The minimum absolute atomic E-state index is 0.0781. The molecule has 6 nitrogen and oxygen atoms in total. The normalized spacial score (nSPS) is 14.1. The Bertz CT molecular complexity index is 832. The number of rotatable bonds is 3. The van der Waals surface area contributed by atoms with Gasteiger partial charge in [-0.15, -0.1) is 0 Å². The van der Waals surface area contributed by atoms with Crippen molar-refractivity contribution in [3.8, 4) is 11.5 Å². The summed E-state index contributed by atoms with van der Waals surface area (Å²) in [4.78, 5) is 2.22. The Morgan fingerprint density at radius 2 is 1.91 bits per heavy atom. The van der Waals surface area contributed by atoms with Gasteiger partial charge in [0, 0.05) is 18.8 Å². The van der Waals surface area contributed by atoms with E-state index in [9.17, 15) is 13.5 Å². The van der Waals surface area contributed by atoms with Gasteiger partial charge in [0.05, 0.1) is 17.1 Å². The van der Waals surface area contributed by atoms with Crippen LogP contribution in [0, 0.1) is 6.92 Å². The quantitative estimate of drug-likeness (QED) is 0.842. The molecule has 2 aromatic rings. The van der Waals surface area contributed by atoms with Crippen LogP contribution in [0.1, 0.15) is 5.56 Å². The fourth-order valence-electron chi connectivity index (χ4n) is 2.51. The summed E-state index contributed by atoms with van der Waals surface area (Å²) in [7, 11) is -1.79. The van der Waals surface area contributed by atoms with Gasteiger partial charge in [-0.05, 0) is 42.8 Å². The number of fused-ring (bicyclic) bond motifs is 1. The van der Waals surface area contributed by atoms with Gasteiger partial charge in [-0.2, -0.15) is 0 Å². The van der Waals surface area contributed by atoms with Gasteiger partial charge in [0.25, 0.3) is 10.0 Å². The first-order valence-corrected chi connectivity index (χ1v) is 8.65. The number of nitrogens with one attached hydrogen (secondary N) is 1. The Hall–Kier alpha value is -2.41. The predicted octanol–water partition coefficient (Wildman–Crippen LogP) is 2.33. The van der Waals surface area contributed by atoms with Crippen LogP contribution in [0.2, 0.25) is 0 Å². The number of phenols is 1. The Kier molecular flexibility index (Phi) is 3.81. The summed E-state index contributed by atoms with van der Waals surface area (Å²) >= 11 is 0. The lowest BCUT2D eigenvalue weighted by molar-refractivity contribution is 0.310. The molecule has 7 heteroatoms. The molecule has 1 aliphatic heterocycles. The van der Waals surface area contributed by atoms with Crippen molar-refractivity contribution in [2.24, 2.45) is 0 Å². The molecule has 0 bridgehead atoms. The largest absolute Gasteiger partial charge is 0.508 e.